The van der Waals surface area contributed by atoms with Crippen molar-refractivity contribution < 1.29 is 4.74 Å². The van der Waals surface area contributed by atoms with Crippen LogP contribution in [-0.4, -0.2) is 19.7 Å². The second-order valence-electron chi connectivity index (χ2n) is 3.52. The molecule has 0 atom stereocenters. The molecule has 0 spiro atoms. The molecule has 0 aliphatic heterocycles. The van der Waals surface area contributed by atoms with E-state index in [1.807, 2.05) is 13.8 Å². The van der Waals surface area contributed by atoms with Gasteiger partial charge in [0, 0.05) is 18.3 Å². The Kier molecular flexibility index (Phi) is 3.05. The van der Waals surface area contributed by atoms with Crippen molar-refractivity contribution in [2.24, 2.45) is 0 Å². The summed E-state index contributed by atoms with van der Waals surface area (Å²) in [6, 6.07) is 1.94. The zero-order valence-electron chi connectivity index (χ0n) is 8.96. The molecule has 0 unspecified atom stereocenters. The average Bonchev–Trinajstić information content (AvgIpc) is 2.66. The largest absolute Gasteiger partial charge is 0.436 e. The molecular formula is C10H11ClN4O. The zero-order valence-corrected chi connectivity index (χ0v) is 9.72. The van der Waals surface area contributed by atoms with Crippen molar-refractivity contribution in [2.75, 3.05) is 0 Å². The topological polar surface area (TPSA) is 52.8 Å². The van der Waals surface area contributed by atoms with Gasteiger partial charge in [-0.2, -0.15) is 10.1 Å². The Hall–Kier alpha value is -1.62. The van der Waals surface area contributed by atoms with E-state index in [4.69, 9.17) is 16.3 Å². The highest BCUT2D eigenvalue weighted by atomic mass is 35.5. The van der Waals surface area contributed by atoms with Crippen molar-refractivity contribution in [1.82, 2.24) is 19.7 Å². The molecule has 0 radical (unpaired) electrons. The fourth-order valence-electron chi connectivity index (χ4n) is 1.15. The molecule has 2 aromatic rings. The first-order valence-corrected chi connectivity index (χ1v) is 5.23. The lowest BCUT2D eigenvalue weighted by molar-refractivity contribution is 0.458. The van der Waals surface area contributed by atoms with Gasteiger partial charge in [0.15, 0.2) is 5.75 Å². The molecule has 0 aliphatic carbocycles. The Bertz CT molecular complexity index is 483. The summed E-state index contributed by atoms with van der Waals surface area (Å²) in [4.78, 5) is 7.69. The third kappa shape index (κ3) is 2.49. The van der Waals surface area contributed by atoms with Gasteiger partial charge in [-0.15, -0.1) is 0 Å². The van der Waals surface area contributed by atoms with E-state index in [1.54, 1.807) is 23.1 Å². The minimum atomic E-state index is 0.161. The van der Waals surface area contributed by atoms with Gasteiger partial charge in [-0.1, -0.05) is 0 Å². The lowest BCUT2D eigenvalue weighted by Crippen LogP contribution is -1.99. The van der Waals surface area contributed by atoms with E-state index in [2.05, 4.69) is 15.1 Å². The van der Waals surface area contributed by atoms with Gasteiger partial charge in [-0.3, -0.25) is 4.68 Å². The molecule has 2 aromatic heterocycles. The van der Waals surface area contributed by atoms with Gasteiger partial charge >= 0.3 is 0 Å². The Balaban J connectivity index is 2.14. The van der Waals surface area contributed by atoms with Gasteiger partial charge in [0.05, 0.1) is 12.4 Å². The van der Waals surface area contributed by atoms with Gasteiger partial charge in [0.1, 0.15) is 0 Å². The van der Waals surface area contributed by atoms with Crippen LogP contribution in [0.15, 0.2) is 24.7 Å². The fourth-order valence-corrected chi connectivity index (χ4v) is 1.29. The van der Waals surface area contributed by atoms with Crippen LogP contribution < -0.4 is 4.74 Å². The molecular weight excluding hydrogens is 228 g/mol. The monoisotopic (exact) mass is 238 g/mol. The lowest BCUT2D eigenvalue weighted by Gasteiger charge is -2.03. The van der Waals surface area contributed by atoms with Gasteiger partial charge in [-0.05, 0) is 25.4 Å². The summed E-state index contributed by atoms with van der Waals surface area (Å²) in [6.07, 6.45) is 4.98. The molecule has 0 bridgehead atoms. The Labute approximate surface area is 98.0 Å². The van der Waals surface area contributed by atoms with E-state index in [9.17, 15) is 0 Å². The summed E-state index contributed by atoms with van der Waals surface area (Å²) in [5.74, 6) is 1.03. The molecule has 0 aromatic carbocycles. The minimum absolute atomic E-state index is 0.161. The predicted molar refractivity (Wildman–Crippen MR) is 59.7 cm³/mol. The Morgan fingerprint density at radius 3 is 2.88 bits per heavy atom. The van der Waals surface area contributed by atoms with Crippen molar-refractivity contribution in [3.05, 3.63) is 29.9 Å². The standard InChI is InChI=1S/C10H11ClN4O/c1-7(2)15-6-8(5-13-15)16-9-3-4-12-10(11)14-9/h3-7H,1-2H3. The molecule has 0 fully saturated rings. The maximum atomic E-state index is 5.64. The van der Waals surface area contributed by atoms with E-state index < -0.39 is 0 Å². The highest BCUT2D eigenvalue weighted by Crippen LogP contribution is 2.20. The molecule has 2 heterocycles. The summed E-state index contributed by atoms with van der Waals surface area (Å²) in [7, 11) is 0. The van der Waals surface area contributed by atoms with Crippen molar-refractivity contribution in [3.63, 3.8) is 0 Å². The Morgan fingerprint density at radius 1 is 1.44 bits per heavy atom. The van der Waals surface area contributed by atoms with Crippen molar-refractivity contribution in [3.8, 4) is 11.6 Å². The molecule has 0 N–H and O–H groups in total. The number of ether oxygens (including phenoxy) is 1. The van der Waals surface area contributed by atoms with Crippen molar-refractivity contribution in [1.29, 1.82) is 0 Å². The number of nitrogens with zero attached hydrogens (tertiary/aromatic N) is 4. The quantitative estimate of drug-likeness (QED) is 0.772. The minimum Gasteiger partial charge on any atom is -0.436 e. The number of halogens is 1. The number of aromatic nitrogens is 4. The smallest absolute Gasteiger partial charge is 0.225 e. The molecule has 0 saturated heterocycles. The summed E-state index contributed by atoms with van der Waals surface area (Å²) in [5, 5.41) is 4.31. The van der Waals surface area contributed by atoms with E-state index in [0.717, 1.165) is 0 Å². The third-order valence-electron chi connectivity index (χ3n) is 1.93. The molecule has 16 heavy (non-hydrogen) atoms. The van der Waals surface area contributed by atoms with Crippen LogP contribution >= 0.6 is 11.6 Å². The lowest BCUT2D eigenvalue weighted by atomic mass is 10.4. The number of hydrogen-bond donors (Lipinski definition) is 0. The van der Waals surface area contributed by atoms with Gasteiger partial charge < -0.3 is 4.74 Å². The summed E-state index contributed by atoms with van der Waals surface area (Å²) < 4.78 is 7.27. The molecule has 5 nitrogen and oxygen atoms in total. The van der Waals surface area contributed by atoms with E-state index in [0.29, 0.717) is 17.7 Å². The van der Waals surface area contributed by atoms with Crippen LogP contribution in [0, 0.1) is 0 Å². The highest BCUT2D eigenvalue weighted by molar-refractivity contribution is 6.28. The molecule has 2 rings (SSSR count). The highest BCUT2D eigenvalue weighted by Gasteiger charge is 2.04. The first kappa shape index (κ1) is 10.9. The first-order valence-electron chi connectivity index (χ1n) is 4.85. The van der Waals surface area contributed by atoms with Gasteiger partial charge in [-0.25, -0.2) is 4.98 Å². The van der Waals surface area contributed by atoms with Crippen LogP contribution in [0.5, 0.6) is 11.6 Å². The van der Waals surface area contributed by atoms with E-state index in [1.165, 1.54) is 6.20 Å². The molecule has 0 aliphatic rings. The zero-order chi connectivity index (χ0) is 11.5. The molecule has 0 amide bonds. The fraction of sp³-hybridized carbons (Fsp3) is 0.300. The average molecular weight is 239 g/mol. The molecule has 6 heteroatoms. The van der Waals surface area contributed by atoms with E-state index in [-0.39, 0.29) is 5.28 Å². The third-order valence-corrected chi connectivity index (χ3v) is 2.11. The number of rotatable bonds is 3. The Morgan fingerprint density at radius 2 is 2.25 bits per heavy atom. The summed E-state index contributed by atoms with van der Waals surface area (Å²) in [5.41, 5.74) is 0. The van der Waals surface area contributed by atoms with Crippen LogP contribution in [0.4, 0.5) is 0 Å². The van der Waals surface area contributed by atoms with Crippen molar-refractivity contribution in [2.45, 2.75) is 19.9 Å². The van der Waals surface area contributed by atoms with Crippen LogP contribution in [-0.2, 0) is 0 Å². The van der Waals surface area contributed by atoms with Gasteiger partial charge in [0.2, 0.25) is 11.2 Å². The van der Waals surface area contributed by atoms with Crippen LogP contribution in [0.3, 0.4) is 0 Å². The molecule has 0 saturated carbocycles. The van der Waals surface area contributed by atoms with Crippen LogP contribution in [0.25, 0.3) is 0 Å². The first-order chi connectivity index (χ1) is 7.65. The maximum Gasteiger partial charge on any atom is 0.225 e. The predicted octanol–water partition coefficient (Wildman–Crippen LogP) is 2.70. The second-order valence-corrected chi connectivity index (χ2v) is 3.85. The SMILES string of the molecule is CC(C)n1cc(Oc2ccnc(Cl)n2)cn1. The van der Waals surface area contributed by atoms with Crippen LogP contribution in [0.2, 0.25) is 5.28 Å². The van der Waals surface area contributed by atoms with Crippen molar-refractivity contribution >= 4 is 11.6 Å². The maximum absolute atomic E-state index is 5.64. The molecule has 84 valence electrons. The second kappa shape index (κ2) is 4.49. The van der Waals surface area contributed by atoms with Crippen LogP contribution in [0.1, 0.15) is 19.9 Å². The van der Waals surface area contributed by atoms with E-state index >= 15 is 0 Å². The normalized spacial score (nSPS) is 10.8. The summed E-state index contributed by atoms with van der Waals surface area (Å²) in [6.45, 7) is 4.08. The number of hydrogen-bond acceptors (Lipinski definition) is 4. The summed E-state index contributed by atoms with van der Waals surface area (Å²) >= 11 is 5.64. The van der Waals surface area contributed by atoms with Gasteiger partial charge in [0.25, 0.3) is 0 Å².